The lowest BCUT2D eigenvalue weighted by molar-refractivity contribution is -0.142. The monoisotopic (exact) mass is 407 g/mol. The third kappa shape index (κ3) is 3.85. The molecule has 0 saturated heterocycles. The van der Waals surface area contributed by atoms with Gasteiger partial charge >= 0.3 is 5.97 Å². The molecule has 2 N–H and O–H groups in total. The number of halogens is 2. The van der Waals surface area contributed by atoms with Crippen molar-refractivity contribution < 1.29 is 14.7 Å². The molecule has 6 heteroatoms. The SMILES string of the molecule is O=C(NC1CCC(C(=O)O)CC1)c1cc(Cl)ccc1I. The number of carbonyl (C=O) groups excluding carboxylic acids is 1. The van der Waals surface area contributed by atoms with Gasteiger partial charge in [-0.1, -0.05) is 11.6 Å². The Labute approximate surface area is 136 Å². The summed E-state index contributed by atoms with van der Waals surface area (Å²) in [7, 11) is 0. The van der Waals surface area contributed by atoms with Crippen molar-refractivity contribution in [2.75, 3.05) is 0 Å². The number of aliphatic carboxylic acids is 1. The van der Waals surface area contributed by atoms with Crippen molar-refractivity contribution in [1.82, 2.24) is 5.32 Å². The Bertz CT molecular complexity index is 527. The van der Waals surface area contributed by atoms with E-state index in [9.17, 15) is 9.59 Å². The first kappa shape index (κ1) is 15.6. The molecule has 108 valence electrons. The Morgan fingerprint density at radius 1 is 1.25 bits per heavy atom. The summed E-state index contributed by atoms with van der Waals surface area (Å²) in [6.45, 7) is 0. The molecule has 1 fully saturated rings. The van der Waals surface area contributed by atoms with Gasteiger partial charge in [-0.05, 0) is 66.5 Å². The minimum absolute atomic E-state index is 0.0490. The molecule has 0 radical (unpaired) electrons. The molecular formula is C14H15ClINO3. The molecule has 1 aromatic rings. The fourth-order valence-corrected chi connectivity index (χ4v) is 3.17. The van der Waals surface area contributed by atoms with E-state index in [1.165, 1.54) is 0 Å². The number of benzene rings is 1. The molecule has 4 nitrogen and oxygen atoms in total. The smallest absolute Gasteiger partial charge is 0.306 e. The van der Waals surface area contributed by atoms with Crippen molar-refractivity contribution >= 4 is 46.1 Å². The number of amides is 1. The number of carboxylic acid groups (broad SMARTS) is 1. The number of carboxylic acids is 1. The third-order valence-electron chi connectivity index (χ3n) is 3.58. The van der Waals surface area contributed by atoms with Crippen LogP contribution in [0.1, 0.15) is 36.0 Å². The van der Waals surface area contributed by atoms with Crippen molar-refractivity contribution in [1.29, 1.82) is 0 Å². The van der Waals surface area contributed by atoms with Gasteiger partial charge in [-0.3, -0.25) is 9.59 Å². The van der Waals surface area contributed by atoms with E-state index in [1.807, 2.05) is 0 Å². The van der Waals surface area contributed by atoms with Crippen LogP contribution < -0.4 is 5.32 Å². The Balaban J connectivity index is 1.96. The molecule has 0 bridgehead atoms. The highest BCUT2D eigenvalue weighted by Crippen LogP contribution is 2.25. The molecule has 0 heterocycles. The second-order valence-corrected chi connectivity index (χ2v) is 6.58. The summed E-state index contributed by atoms with van der Waals surface area (Å²) < 4.78 is 0.851. The van der Waals surface area contributed by atoms with Crippen LogP contribution in [0.4, 0.5) is 0 Å². The van der Waals surface area contributed by atoms with E-state index in [4.69, 9.17) is 16.7 Å². The van der Waals surface area contributed by atoms with Gasteiger partial charge in [-0.15, -0.1) is 0 Å². The molecule has 20 heavy (non-hydrogen) atoms. The lowest BCUT2D eigenvalue weighted by atomic mass is 9.86. The van der Waals surface area contributed by atoms with Crippen molar-refractivity contribution in [3.05, 3.63) is 32.4 Å². The number of hydrogen-bond donors (Lipinski definition) is 2. The number of nitrogens with one attached hydrogen (secondary N) is 1. The van der Waals surface area contributed by atoms with Gasteiger partial charge in [0.2, 0.25) is 0 Å². The molecule has 0 aliphatic heterocycles. The average molecular weight is 408 g/mol. The topological polar surface area (TPSA) is 66.4 Å². The maximum Gasteiger partial charge on any atom is 0.306 e. The molecular weight excluding hydrogens is 393 g/mol. The molecule has 1 amide bonds. The molecule has 0 unspecified atom stereocenters. The quantitative estimate of drug-likeness (QED) is 0.756. The molecule has 0 aromatic heterocycles. The van der Waals surface area contributed by atoms with Crippen LogP contribution in [0.25, 0.3) is 0 Å². The van der Waals surface area contributed by atoms with Crippen LogP contribution in [-0.2, 0) is 4.79 Å². The van der Waals surface area contributed by atoms with Gasteiger partial charge in [-0.25, -0.2) is 0 Å². The summed E-state index contributed by atoms with van der Waals surface area (Å²) in [6.07, 6.45) is 2.65. The Kier molecular flexibility index (Phi) is 5.26. The van der Waals surface area contributed by atoms with Crippen molar-refractivity contribution in [3.8, 4) is 0 Å². The molecule has 0 spiro atoms. The van der Waals surface area contributed by atoms with Crippen LogP contribution in [-0.4, -0.2) is 23.0 Å². The highest BCUT2D eigenvalue weighted by Gasteiger charge is 2.27. The number of hydrogen-bond acceptors (Lipinski definition) is 2. The minimum atomic E-state index is -0.737. The predicted molar refractivity (Wildman–Crippen MR) is 85.0 cm³/mol. The lowest BCUT2D eigenvalue weighted by Crippen LogP contribution is -2.39. The first-order valence-electron chi connectivity index (χ1n) is 6.46. The zero-order valence-electron chi connectivity index (χ0n) is 10.7. The van der Waals surface area contributed by atoms with E-state index in [2.05, 4.69) is 27.9 Å². The minimum Gasteiger partial charge on any atom is -0.481 e. The average Bonchev–Trinajstić information content (AvgIpc) is 2.42. The second-order valence-electron chi connectivity index (χ2n) is 4.98. The fraction of sp³-hybridized carbons (Fsp3) is 0.429. The highest BCUT2D eigenvalue weighted by molar-refractivity contribution is 14.1. The summed E-state index contributed by atoms with van der Waals surface area (Å²) in [4.78, 5) is 23.1. The third-order valence-corrected chi connectivity index (χ3v) is 4.76. The zero-order valence-corrected chi connectivity index (χ0v) is 13.6. The van der Waals surface area contributed by atoms with Gasteiger partial charge in [-0.2, -0.15) is 0 Å². The van der Waals surface area contributed by atoms with E-state index in [0.29, 0.717) is 36.3 Å². The van der Waals surface area contributed by atoms with Crippen molar-refractivity contribution in [2.24, 2.45) is 5.92 Å². The first-order chi connectivity index (χ1) is 9.47. The van der Waals surface area contributed by atoms with Crippen LogP contribution in [0.3, 0.4) is 0 Å². The van der Waals surface area contributed by atoms with Crippen LogP contribution in [0.15, 0.2) is 18.2 Å². The fourth-order valence-electron chi connectivity index (χ4n) is 2.42. The normalized spacial score (nSPS) is 22.3. The van der Waals surface area contributed by atoms with E-state index in [1.54, 1.807) is 18.2 Å². The zero-order chi connectivity index (χ0) is 14.7. The number of carbonyl (C=O) groups is 2. The summed E-state index contributed by atoms with van der Waals surface area (Å²) in [6, 6.07) is 5.26. The summed E-state index contributed by atoms with van der Waals surface area (Å²) in [5.74, 6) is -1.15. The van der Waals surface area contributed by atoms with E-state index in [0.717, 1.165) is 3.57 Å². The van der Waals surface area contributed by atoms with Gasteiger partial charge in [0.05, 0.1) is 11.5 Å². The maximum atomic E-state index is 12.2. The Morgan fingerprint density at radius 3 is 2.50 bits per heavy atom. The van der Waals surface area contributed by atoms with Gasteiger partial charge in [0.1, 0.15) is 0 Å². The van der Waals surface area contributed by atoms with Crippen LogP contribution in [0, 0.1) is 9.49 Å². The molecule has 2 rings (SSSR count). The van der Waals surface area contributed by atoms with Crippen molar-refractivity contribution in [3.63, 3.8) is 0 Å². The summed E-state index contributed by atoms with van der Waals surface area (Å²) in [5, 5.41) is 12.4. The first-order valence-corrected chi connectivity index (χ1v) is 7.91. The lowest BCUT2D eigenvalue weighted by Gasteiger charge is -2.27. The highest BCUT2D eigenvalue weighted by atomic mass is 127. The molecule has 0 atom stereocenters. The Hall–Kier alpha value is -0.820. The molecule has 1 saturated carbocycles. The van der Waals surface area contributed by atoms with Gasteiger partial charge < -0.3 is 10.4 Å². The van der Waals surface area contributed by atoms with Gasteiger partial charge in [0, 0.05) is 14.6 Å². The summed E-state index contributed by atoms with van der Waals surface area (Å²) >= 11 is 8.01. The molecule has 1 aliphatic rings. The maximum absolute atomic E-state index is 12.2. The van der Waals surface area contributed by atoms with E-state index >= 15 is 0 Å². The number of rotatable bonds is 3. The van der Waals surface area contributed by atoms with Gasteiger partial charge in [0.15, 0.2) is 0 Å². The van der Waals surface area contributed by atoms with Crippen LogP contribution >= 0.6 is 34.2 Å². The van der Waals surface area contributed by atoms with Crippen LogP contribution in [0.5, 0.6) is 0 Å². The predicted octanol–water partition coefficient (Wildman–Crippen LogP) is 3.32. The van der Waals surface area contributed by atoms with E-state index < -0.39 is 5.97 Å². The van der Waals surface area contributed by atoms with Crippen molar-refractivity contribution in [2.45, 2.75) is 31.7 Å². The second kappa shape index (κ2) is 6.76. The molecule has 1 aliphatic carbocycles. The Morgan fingerprint density at radius 2 is 1.90 bits per heavy atom. The molecule has 1 aromatic carbocycles. The van der Waals surface area contributed by atoms with E-state index in [-0.39, 0.29) is 17.9 Å². The van der Waals surface area contributed by atoms with Crippen LogP contribution in [0.2, 0.25) is 5.02 Å². The van der Waals surface area contributed by atoms with Gasteiger partial charge in [0.25, 0.3) is 5.91 Å². The summed E-state index contributed by atoms with van der Waals surface area (Å²) in [5.41, 5.74) is 0.568. The largest absolute Gasteiger partial charge is 0.481 e. The standard InChI is InChI=1S/C14H15ClINO3/c15-9-3-6-12(16)11(7-9)13(18)17-10-4-1-8(2-5-10)14(19)20/h3,6-8,10H,1-2,4-5H2,(H,17,18)(H,19,20).